The maximum atomic E-state index is 12.8. The van der Waals surface area contributed by atoms with Crippen molar-refractivity contribution in [2.24, 2.45) is 0 Å². The molecule has 9 heteroatoms. The number of nitrogens with one attached hydrogen (secondary N) is 1. The van der Waals surface area contributed by atoms with Crippen LogP contribution >= 0.6 is 0 Å². The molecule has 0 amide bonds. The van der Waals surface area contributed by atoms with Crippen molar-refractivity contribution >= 4 is 11.5 Å². The largest absolute Gasteiger partial charge is 0.379 e. The highest BCUT2D eigenvalue weighted by atomic mass is 19.3. The second kappa shape index (κ2) is 6.49. The third-order valence-electron chi connectivity index (χ3n) is 3.35. The van der Waals surface area contributed by atoms with Gasteiger partial charge in [-0.15, -0.1) is 15.3 Å². The van der Waals surface area contributed by atoms with Crippen LogP contribution in [0, 0.1) is 0 Å². The minimum absolute atomic E-state index is 0.0166. The average molecular weight is 313 g/mol. The highest BCUT2D eigenvalue weighted by Gasteiger charge is 2.19. The van der Waals surface area contributed by atoms with Crippen LogP contribution in [0.25, 0.3) is 5.65 Å². The lowest BCUT2D eigenvalue weighted by atomic mass is 10.3. The molecule has 2 aromatic rings. The molecule has 1 aliphatic rings. The molecule has 0 radical (unpaired) electrons. The van der Waals surface area contributed by atoms with Gasteiger partial charge in [0.05, 0.1) is 19.3 Å². The van der Waals surface area contributed by atoms with Gasteiger partial charge in [-0.1, -0.05) is 0 Å². The molecule has 0 spiro atoms. The third kappa shape index (κ3) is 3.30. The molecule has 2 aromatic heterocycles. The van der Waals surface area contributed by atoms with Gasteiger partial charge in [-0.2, -0.15) is 4.52 Å². The summed E-state index contributed by atoms with van der Waals surface area (Å²) in [6.45, 7) is 3.77. The van der Waals surface area contributed by atoms with Gasteiger partial charge in [-0.3, -0.25) is 0 Å². The van der Waals surface area contributed by atoms with Crippen LogP contribution in [0.4, 0.5) is 14.6 Å². The molecular formula is C13H17F2N5O2. The van der Waals surface area contributed by atoms with E-state index in [4.69, 9.17) is 9.47 Å². The highest BCUT2D eigenvalue weighted by molar-refractivity contribution is 5.44. The lowest BCUT2D eigenvalue weighted by molar-refractivity contribution is 0.0394. The molecule has 1 fully saturated rings. The summed E-state index contributed by atoms with van der Waals surface area (Å²) in [7, 11) is 0. The zero-order valence-electron chi connectivity index (χ0n) is 12.1. The zero-order valence-corrected chi connectivity index (χ0v) is 12.1. The molecule has 0 aromatic carbocycles. The fourth-order valence-electron chi connectivity index (χ4n) is 2.24. The first kappa shape index (κ1) is 15.0. The van der Waals surface area contributed by atoms with Crippen LogP contribution in [0.5, 0.6) is 0 Å². The van der Waals surface area contributed by atoms with E-state index in [0.29, 0.717) is 19.0 Å². The van der Waals surface area contributed by atoms with Crippen LogP contribution in [0.15, 0.2) is 12.1 Å². The van der Waals surface area contributed by atoms with E-state index >= 15 is 0 Å². The third-order valence-corrected chi connectivity index (χ3v) is 3.35. The van der Waals surface area contributed by atoms with E-state index in [1.807, 2.05) is 6.92 Å². The van der Waals surface area contributed by atoms with Crippen molar-refractivity contribution in [2.45, 2.75) is 31.9 Å². The monoisotopic (exact) mass is 313 g/mol. The Morgan fingerprint density at radius 3 is 3.05 bits per heavy atom. The standard InChI is InChI=1S/C13H17F2N5O2/c1-8(6-22-9-4-5-21-7-9)16-10-2-3-11-17-18-13(12(14)15)20(11)19-10/h2-3,8-9,12H,4-7H2,1H3,(H,16,19). The second-order valence-electron chi connectivity index (χ2n) is 5.21. The summed E-state index contributed by atoms with van der Waals surface area (Å²) in [5, 5.41) is 14.3. The van der Waals surface area contributed by atoms with E-state index in [1.54, 1.807) is 12.1 Å². The number of fused-ring (bicyclic) bond motifs is 1. The second-order valence-corrected chi connectivity index (χ2v) is 5.21. The summed E-state index contributed by atoms with van der Waals surface area (Å²) in [6.07, 6.45) is -1.70. The molecule has 1 saturated heterocycles. The maximum Gasteiger partial charge on any atom is 0.299 e. The minimum Gasteiger partial charge on any atom is -0.379 e. The average Bonchev–Trinajstić information content (AvgIpc) is 3.14. The van der Waals surface area contributed by atoms with E-state index < -0.39 is 12.2 Å². The van der Waals surface area contributed by atoms with Crippen molar-refractivity contribution in [1.82, 2.24) is 19.8 Å². The molecule has 0 aliphatic carbocycles. The first-order chi connectivity index (χ1) is 10.6. The summed E-state index contributed by atoms with van der Waals surface area (Å²) < 4.78 is 37.6. The van der Waals surface area contributed by atoms with E-state index in [-0.39, 0.29) is 17.8 Å². The van der Waals surface area contributed by atoms with Crippen molar-refractivity contribution in [3.05, 3.63) is 18.0 Å². The topological polar surface area (TPSA) is 73.6 Å². The molecule has 22 heavy (non-hydrogen) atoms. The number of hydrogen-bond donors (Lipinski definition) is 1. The predicted molar refractivity (Wildman–Crippen MR) is 74.0 cm³/mol. The summed E-state index contributed by atoms with van der Waals surface area (Å²) in [6, 6.07) is 3.25. The molecule has 7 nitrogen and oxygen atoms in total. The van der Waals surface area contributed by atoms with Crippen molar-refractivity contribution in [3.63, 3.8) is 0 Å². The SMILES string of the molecule is CC(COC1CCOC1)Nc1ccc2nnc(C(F)F)n2n1. The molecule has 1 N–H and O–H groups in total. The fraction of sp³-hybridized carbons (Fsp3) is 0.615. The Morgan fingerprint density at radius 2 is 2.32 bits per heavy atom. The van der Waals surface area contributed by atoms with Crippen molar-refractivity contribution < 1.29 is 18.3 Å². The number of anilines is 1. The van der Waals surface area contributed by atoms with Crippen LogP contribution in [-0.4, -0.2) is 51.8 Å². The first-order valence-corrected chi connectivity index (χ1v) is 7.10. The first-order valence-electron chi connectivity index (χ1n) is 7.10. The van der Waals surface area contributed by atoms with Crippen LogP contribution in [0.2, 0.25) is 0 Å². The van der Waals surface area contributed by atoms with Crippen molar-refractivity contribution in [2.75, 3.05) is 25.1 Å². The van der Waals surface area contributed by atoms with E-state index in [1.165, 1.54) is 0 Å². The van der Waals surface area contributed by atoms with Crippen molar-refractivity contribution in [1.29, 1.82) is 0 Å². The van der Waals surface area contributed by atoms with Crippen LogP contribution < -0.4 is 5.32 Å². The van der Waals surface area contributed by atoms with Gasteiger partial charge >= 0.3 is 0 Å². The Hall–Kier alpha value is -1.87. The quantitative estimate of drug-likeness (QED) is 0.874. The molecule has 0 bridgehead atoms. The fourth-order valence-corrected chi connectivity index (χ4v) is 2.24. The van der Waals surface area contributed by atoms with Gasteiger partial charge in [-0.25, -0.2) is 8.78 Å². The van der Waals surface area contributed by atoms with Gasteiger partial charge in [0.15, 0.2) is 5.65 Å². The van der Waals surface area contributed by atoms with Crippen molar-refractivity contribution in [3.8, 4) is 0 Å². The Bertz CT molecular complexity index is 630. The number of aromatic nitrogens is 4. The molecule has 3 heterocycles. The number of alkyl halides is 2. The number of hydrogen-bond acceptors (Lipinski definition) is 6. The molecule has 0 saturated carbocycles. The van der Waals surface area contributed by atoms with Gasteiger partial charge in [0, 0.05) is 12.6 Å². The summed E-state index contributed by atoms with van der Waals surface area (Å²) in [4.78, 5) is 0. The molecule has 1 aliphatic heterocycles. The van der Waals surface area contributed by atoms with Gasteiger partial charge in [0.2, 0.25) is 5.82 Å². The van der Waals surface area contributed by atoms with E-state index in [2.05, 4.69) is 20.6 Å². The predicted octanol–water partition coefficient (Wildman–Crippen LogP) is 1.67. The Labute approximate surface area is 125 Å². The van der Waals surface area contributed by atoms with Gasteiger partial charge in [0.25, 0.3) is 6.43 Å². The smallest absolute Gasteiger partial charge is 0.299 e. The van der Waals surface area contributed by atoms with Gasteiger partial charge in [0.1, 0.15) is 5.82 Å². The number of ether oxygens (including phenoxy) is 2. The molecule has 2 unspecified atom stereocenters. The molecular weight excluding hydrogens is 296 g/mol. The van der Waals surface area contributed by atoms with Crippen LogP contribution in [0.1, 0.15) is 25.6 Å². The molecule has 2 atom stereocenters. The number of rotatable bonds is 6. The number of halogens is 2. The zero-order chi connectivity index (χ0) is 15.5. The van der Waals surface area contributed by atoms with E-state index in [9.17, 15) is 8.78 Å². The highest BCUT2D eigenvalue weighted by Crippen LogP contribution is 2.17. The molecule has 120 valence electrons. The Balaban J connectivity index is 1.63. The summed E-state index contributed by atoms with van der Waals surface area (Å²) in [5.74, 6) is -0.00127. The normalized spacial score (nSPS) is 19.9. The maximum absolute atomic E-state index is 12.8. The number of nitrogens with zero attached hydrogens (tertiary/aromatic N) is 4. The Morgan fingerprint density at radius 1 is 1.45 bits per heavy atom. The minimum atomic E-state index is -2.72. The van der Waals surface area contributed by atoms with E-state index in [0.717, 1.165) is 17.5 Å². The summed E-state index contributed by atoms with van der Waals surface area (Å²) in [5.41, 5.74) is 0.285. The molecule has 3 rings (SSSR count). The van der Waals surface area contributed by atoms with Gasteiger partial charge in [-0.05, 0) is 25.5 Å². The Kier molecular flexibility index (Phi) is 4.44. The summed E-state index contributed by atoms with van der Waals surface area (Å²) >= 11 is 0. The lowest BCUT2D eigenvalue weighted by Gasteiger charge is -2.17. The van der Waals surface area contributed by atoms with Crippen LogP contribution in [0.3, 0.4) is 0 Å². The lowest BCUT2D eigenvalue weighted by Crippen LogP contribution is -2.26. The van der Waals surface area contributed by atoms with Crippen LogP contribution in [-0.2, 0) is 9.47 Å². The van der Waals surface area contributed by atoms with Gasteiger partial charge < -0.3 is 14.8 Å².